The van der Waals surface area contributed by atoms with Gasteiger partial charge in [0.05, 0.1) is 45.0 Å². The number of ketones is 1. The SMILES string of the molecule is Cc1cc(-c2ccc(NN=C3C=CC(=O)C(C(=O)[O-])=C3)c(C)c2)ccc1N=Nc1c(N)c(C)cc(N=Nc2ccc(S(=O)(=O)[O-])cc2)c1N.[Na+].[Na+]. The van der Waals surface area contributed by atoms with Crippen molar-refractivity contribution in [3.63, 3.8) is 0 Å². The molecule has 0 spiro atoms. The third kappa shape index (κ3) is 9.93. The Morgan fingerprint density at radius 2 is 1.37 bits per heavy atom. The summed E-state index contributed by atoms with van der Waals surface area (Å²) in [5.74, 6) is -2.21. The normalized spacial score (nSPS) is 13.6. The van der Waals surface area contributed by atoms with E-state index in [1.807, 2.05) is 50.2 Å². The fourth-order valence-corrected chi connectivity index (χ4v) is 5.16. The number of carboxylic acids is 1. The van der Waals surface area contributed by atoms with E-state index in [1.165, 1.54) is 18.2 Å². The molecule has 0 unspecified atom stereocenters. The fraction of sp³-hybridized carbons (Fsp3) is 0.0882. The molecule has 51 heavy (non-hydrogen) atoms. The largest absolute Gasteiger partial charge is 1.00 e. The molecule has 4 aromatic carbocycles. The third-order valence-electron chi connectivity index (χ3n) is 7.47. The summed E-state index contributed by atoms with van der Waals surface area (Å²) in [7, 11) is -4.58. The van der Waals surface area contributed by atoms with Gasteiger partial charge in [-0.25, -0.2) is 8.42 Å². The first kappa shape index (κ1) is 41.1. The molecule has 1 aliphatic rings. The zero-order valence-corrected chi connectivity index (χ0v) is 33.1. The first-order valence-corrected chi connectivity index (χ1v) is 15.9. The van der Waals surface area contributed by atoms with Crippen LogP contribution in [-0.4, -0.2) is 30.4 Å². The number of hydrogen-bond donors (Lipinski definition) is 3. The number of nitrogens with zero attached hydrogens (tertiary/aromatic N) is 5. The van der Waals surface area contributed by atoms with Crippen LogP contribution in [0.3, 0.4) is 0 Å². The smallest absolute Gasteiger partial charge is 0.744 e. The molecule has 0 aliphatic heterocycles. The molecule has 0 bridgehead atoms. The number of anilines is 3. The summed E-state index contributed by atoms with van der Waals surface area (Å²) in [5, 5.41) is 32.3. The van der Waals surface area contributed by atoms with Crippen LogP contribution in [0.4, 0.5) is 39.8 Å². The molecule has 17 heteroatoms. The Morgan fingerprint density at radius 3 is 1.98 bits per heavy atom. The molecule has 0 aromatic heterocycles. The molecule has 0 amide bonds. The Hall–Kier alpha value is -4.32. The molecule has 1 aliphatic carbocycles. The third-order valence-corrected chi connectivity index (χ3v) is 8.32. The Labute approximate surface area is 337 Å². The molecule has 0 saturated heterocycles. The number of hydrogen-bond acceptors (Lipinski definition) is 14. The van der Waals surface area contributed by atoms with Crippen LogP contribution in [0.5, 0.6) is 0 Å². The Morgan fingerprint density at radius 1 is 0.745 bits per heavy atom. The van der Waals surface area contributed by atoms with E-state index in [1.54, 1.807) is 13.0 Å². The minimum absolute atomic E-state index is 0. The van der Waals surface area contributed by atoms with Crippen molar-refractivity contribution in [2.24, 2.45) is 25.6 Å². The minimum atomic E-state index is -4.58. The van der Waals surface area contributed by atoms with E-state index in [0.717, 1.165) is 46.5 Å². The van der Waals surface area contributed by atoms with Crippen molar-refractivity contribution in [3.8, 4) is 11.1 Å². The number of aryl methyl sites for hydroxylation is 3. The second-order valence-corrected chi connectivity index (χ2v) is 12.3. The number of hydrazone groups is 1. The maximum Gasteiger partial charge on any atom is 1.00 e. The van der Waals surface area contributed by atoms with Gasteiger partial charge in [0.15, 0.2) is 5.78 Å². The summed E-state index contributed by atoms with van der Waals surface area (Å²) in [6.07, 6.45) is 3.69. The summed E-state index contributed by atoms with van der Waals surface area (Å²) in [6.45, 7) is 5.54. The Bertz CT molecular complexity index is 2290. The van der Waals surface area contributed by atoms with Crippen LogP contribution in [0.25, 0.3) is 11.1 Å². The summed E-state index contributed by atoms with van der Waals surface area (Å²) >= 11 is 0. The van der Waals surface area contributed by atoms with Gasteiger partial charge >= 0.3 is 59.1 Å². The van der Waals surface area contributed by atoms with Crippen LogP contribution in [0.15, 0.2) is 121 Å². The van der Waals surface area contributed by atoms with Gasteiger partial charge in [-0.15, -0.1) is 10.2 Å². The Kier molecular flexibility index (Phi) is 13.9. The molecule has 0 saturated carbocycles. The van der Waals surface area contributed by atoms with Gasteiger partial charge in [0.25, 0.3) is 0 Å². The number of azo groups is 2. The van der Waals surface area contributed by atoms with Crippen LogP contribution >= 0.6 is 0 Å². The van der Waals surface area contributed by atoms with Crippen molar-refractivity contribution in [2.75, 3.05) is 16.9 Å². The maximum atomic E-state index is 11.7. The van der Waals surface area contributed by atoms with Crippen molar-refractivity contribution in [1.82, 2.24) is 0 Å². The van der Waals surface area contributed by atoms with E-state index < -0.39 is 27.4 Å². The van der Waals surface area contributed by atoms with E-state index >= 15 is 0 Å². The predicted molar refractivity (Wildman–Crippen MR) is 182 cm³/mol. The molecule has 5 N–H and O–H groups in total. The van der Waals surface area contributed by atoms with Gasteiger partial charge in [0.1, 0.15) is 21.5 Å². The second-order valence-electron chi connectivity index (χ2n) is 11.0. The topological polar surface area (TPSA) is 240 Å². The number of allylic oxidation sites excluding steroid dienone is 3. The molecule has 5 rings (SSSR count). The average molecular weight is 723 g/mol. The van der Waals surface area contributed by atoms with E-state index in [0.29, 0.717) is 28.3 Å². The standard InChI is InChI=1S/C34H30N8O6S.2Na/c1-18-14-21(4-11-27(18)39-38-24-8-13-30(43)26(17-24)34(44)45)22-5-12-28(19(2)15-22)40-42-33-31(35)20(3)16-29(32(33)36)41-37-23-6-9-25(10-7-23)49(46,47)48;;/h4-17,39H,35-36H2,1-3H3,(H,44,45)(H,46,47,48);;/q;2*+1/p-2. The molecule has 14 nitrogen and oxygen atoms in total. The molecular formula is C34H28N8Na2O6S. The quantitative estimate of drug-likeness (QED) is 0.0393. The average Bonchev–Trinajstić information content (AvgIpc) is 3.06. The fourth-order valence-electron chi connectivity index (χ4n) is 4.69. The number of rotatable bonds is 9. The number of carbonyl (C=O) groups is 2. The molecular weight excluding hydrogens is 694 g/mol. The molecule has 0 fully saturated rings. The van der Waals surface area contributed by atoms with Gasteiger partial charge in [-0.05, 0) is 121 Å². The number of nitrogens with one attached hydrogen (secondary N) is 1. The molecule has 0 atom stereocenters. The maximum absolute atomic E-state index is 11.7. The van der Waals surface area contributed by atoms with Crippen molar-refractivity contribution < 1.29 is 86.8 Å². The van der Waals surface area contributed by atoms with Crippen molar-refractivity contribution >= 4 is 67.4 Å². The number of nitrogen functional groups attached to an aromatic ring is 2. The summed E-state index contributed by atoms with van der Waals surface area (Å²) in [4.78, 5) is 22.4. The van der Waals surface area contributed by atoms with Crippen molar-refractivity contribution in [3.05, 3.63) is 107 Å². The van der Waals surface area contributed by atoms with Gasteiger partial charge in [-0.2, -0.15) is 15.3 Å². The van der Waals surface area contributed by atoms with Crippen molar-refractivity contribution in [2.45, 2.75) is 25.7 Å². The first-order valence-electron chi connectivity index (χ1n) is 14.5. The zero-order valence-electron chi connectivity index (χ0n) is 28.3. The minimum Gasteiger partial charge on any atom is -0.744 e. The van der Waals surface area contributed by atoms with Crippen LogP contribution < -0.4 is 81.1 Å². The van der Waals surface area contributed by atoms with Crippen LogP contribution in [0, 0.1) is 20.8 Å². The molecule has 4 aromatic rings. The van der Waals surface area contributed by atoms with Crippen LogP contribution in [-0.2, 0) is 19.7 Å². The van der Waals surface area contributed by atoms with Crippen LogP contribution in [0.1, 0.15) is 16.7 Å². The number of aliphatic carboxylic acids is 1. The first-order chi connectivity index (χ1) is 23.2. The van der Waals surface area contributed by atoms with E-state index in [4.69, 9.17) is 11.5 Å². The van der Waals surface area contributed by atoms with Crippen molar-refractivity contribution in [1.29, 1.82) is 0 Å². The zero-order chi connectivity index (χ0) is 35.5. The van der Waals surface area contributed by atoms with Gasteiger partial charge in [0.2, 0.25) is 0 Å². The number of carboxylic acid groups (broad SMARTS) is 1. The number of carbonyl (C=O) groups excluding carboxylic acids is 2. The molecule has 0 radical (unpaired) electrons. The summed E-state index contributed by atoms with van der Waals surface area (Å²) < 4.78 is 33.5. The van der Waals surface area contributed by atoms with Gasteiger partial charge in [-0.3, -0.25) is 10.2 Å². The Balaban J connectivity index is 0.00000351. The monoisotopic (exact) mass is 722 g/mol. The van der Waals surface area contributed by atoms with Gasteiger partial charge in [-0.1, -0.05) is 12.1 Å². The number of nitrogens with two attached hydrogens (primary N) is 2. The van der Waals surface area contributed by atoms with Crippen LogP contribution in [0.2, 0.25) is 0 Å². The van der Waals surface area contributed by atoms with E-state index in [2.05, 4.69) is 31.0 Å². The van der Waals surface area contributed by atoms with Gasteiger partial charge in [0, 0.05) is 5.57 Å². The molecule has 248 valence electrons. The van der Waals surface area contributed by atoms with E-state index in [-0.39, 0.29) is 86.8 Å². The predicted octanol–water partition coefficient (Wildman–Crippen LogP) is -0.231. The van der Waals surface area contributed by atoms with Gasteiger partial charge < -0.3 is 25.9 Å². The summed E-state index contributed by atoms with van der Waals surface area (Å²) in [6, 6.07) is 18.0. The second kappa shape index (κ2) is 17.3. The molecule has 0 heterocycles. The summed E-state index contributed by atoms with van der Waals surface area (Å²) in [5.41, 5.74) is 22.0. The van der Waals surface area contributed by atoms with E-state index in [9.17, 15) is 27.7 Å². The number of benzene rings is 4.